The Hall–Kier alpha value is -7.97. The lowest BCUT2D eigenvalue weighted by Gasteiger charge is -2.24. The molecule has 0 spiro atoms. The summed E-state index contributed by atoms with van der Waals surface area (Å²) in [5.74, 6) is 0. The minimum atomic E-state index is -5.20. The second-order valence-electron chi connectivity index (χ2n) is 16.3. The van der Waals surface area contributed by atoms with Crippen LogP contribution in [0.25, 0.3) is 110 Å². The summed E-state index contributed by atoms with van der Waals surface area (Å²) >= 11 is 0. The van der Waals surface area contributed by atoms with Crippen molar-refractivity contribution in [1.29, 1.82) is 5.26 Å². The van der Waals surface area contributed by atoms with Crippen molar-refractivity contribution in [2.24, 2.45) is 14.1 Å². The van der Waals surface area contributed by atoms with Crippen LogP contribution in [0.1, 0.15) is 16.7 Å². The molecule has 4 aromatic heterocycles. The summed E-state index contributed by atoms with van der Waals surface area (Å²) in [5, 5.41) is 18.0. The van der Waals surface area contributed by atoms with Gasteiger partial charge < -0.3 is 18.3 Å². The Labute approximate surface area is 359 Å². The number of halogens is 6. The van der Waals surface area contributed by atoms with E-state index < -0.39 is 29.0 Å². The van der Waals surface area contributed by atoms with Crippen LogP contribution in [0.4, 0.5) is 26.3 Å². The molecule has 0 bridgehead atoms. The molecule has 0 aliphatic carbocycles. The van der Waals surface area contributed by atoms with Gasteiger partial charge in [-0.15, -0.1) is 0 Å². The van der Waals surface area contributed by atoms with Crippen molar-refractivity contribution in [1.82, 2.24) is 18.3 Å². The van der Waals surface area contributed by atoms with Gasteiger partial charge in [-0.05, 0) is 48.5 Å². The highest BCUT2D eigenvalue weighted by Gasteiger charge is 2.42. The van der Waals surface area contributed by atoms with Gasteiger partial charge in [-0.1, -0.05) is 103 Å². The van der Waals surface area contributed by atoms with Gasteiger partial charge >= 0.3 is 12.4 Å². The molecule has 310 valence electrons. The van der Waals surface area contributed by atoms with E-state index in [-0.39, 0.29) is 22.5 Å². The molecule has 0 amide bonds. The molecule has 4 heterocycles. The number of nitrogens with zero attached hydrogens (tertiary/aromatic N) is 5. The molecule has 8 aromatic carbocycles. The zero-order valence-corrected chi connectivity index (χ0v) is 33.9. The van der Waals surface area contributed by atoms with Crippen LogP contribution in [0.3, 0.4) is 0 Å². The zero-order valence-electron chi connectivity index (χ0n) is 33.9. The lowest BCUT2D eigenvalue weighted by atomic mass is 9.90. The van der Waals surface area contributed by atoms with E-state index in [1.165, 1.54) is 12.1 Å². The molecule has 11 heteroatoms. The topological polar surface area (TPSA) is 43.5 Å². The van der Waals surface area contributed by atoms with Gasteiger partial charge in [0.2, 0.25) is 0 Å². The van der Waals surface area contributed by atoms with E-state index >= 15 is 26.3 Å². The van der Waals surface area contributed by atoms with Gasteiger partial charge in [0.25, 0.3) is 0 Å². The first kappa shape index (κ1) is 37.8. The molecule has 64 heavy (non-hydrogen) atoms. The molecule has 0 N–H and O–H groups in total. The Morgan fingerprint density at radius 1 is 0.406 bits per heavy atom. The van der Waals surface area contributed by atoms with E-state index in [4.69, 9.17) is 0 Å². The largest absolute Gasteiger partial charge is 0.417 e. The highest BCUT2D eigenvalue weighted by Crippen LogP contribution is 2.50. The first-order valence-electron chi connectivity index (χ1n) is 20.5. The van der Waals surface area contributed by atoms with Crippen LogP contribution in [0.15, 0.2) is 152 Å². The second kappa shape index (κ2) is 13.0. The Balaban J connectivity index is 1.33. The van der Waals surface area contributed by atoms with Gasteiger partial charge in [-0.25, -0.2) is 0 Å². The average Bonchev–Trinajstić information content (AvgIpc) is 4.00. The predicted octanol–water partition coefficient (Wildman–Crippen LogP) is 14.7. The van der Waals surface area contributed by atoms with Gasteiger partial charge in [-0.3, -0.25) is 0 Å². The van der Waals surface area contributed by atoms with E-state index in [1.807, 2.05) is 137 Å². The minimum absolute atomic E-state index is 0.0121. The van der Waals surface area contributed by atoms with E-state index in [0.717, 1.165) is 71.2 Å². The normalized spacial score (nSPS) is 12.7. The first-order valence-corrected chi connectivity index (χ1v) is 20.5. The fourth-order valence-electron chi connectivity index (χ4n) is 10.5. The highest BCUT2D eigenvalue weighted by atomic mass is 19.4. The first-order chi connectivity index (χ1) is 30.9. The van der Waals surface area contributed by atoms with Crippen molar-refractivity contribution in [2.45, 2.75) is 12.4 Å². The number of nitriles is 1. The fourth-order valence-corrected chi connectivity index (χ4v) is 10.5. The smallest absolute Gasteiger partial charge is 0.342 e. The maximum Gasteiger partial charge on any atom is 0.417 e. The van der Waals surface area contributed by atoms with Crippen LogP contribution >= 0.6 is 0 Å². The van der Waals surface area contributed by atoms with Gasteiger partial charge in [0.1, 0.15) is 6.07 Å². The predicted molar refractivity (Wildman–Crippen MR) is 243 cm³/mol. The Kier molecular flexibility index (Phi) is 7.69. The number of rotatable bonds is 3. The third-order valence-corrected chi connectivity index (χ3v) is 13.1. The Bertz CT molecular complexity index is 4000. The van der Waals surface area contributed by atoms with E-state index in [2.05, 4.69) is 6.07 Å². The molecule has 12 aromatic rings. The maximum atomic E-state index is 15.5. The van der Waals surface area contributed by atoms with E-state index in [0.29, 0.717) is 34.2 Å². The van der Waals surface area contributed by atoms with E-state index in [1.54, 1.807) is 16.7 Å². The Morgan fingerprint density at radius 2 is 0.781 bits per heavy atom. The summed E-state index contributed by atoms with van der Waals surface area (Å²) in [6.07, 6.45) is -10.4. The van der Waals surface area contributed by atoms with Crippen LogP contribution in [0.5, 0.6) is 0 Å². The van der Waals surface area contributed by atoms with Crippen LogP contribution in [0, 0.1) is 11.3 Å². The molecular weight excluding hydrogens is 821 g/mol. The molecular formula is C53H31F6N5. The molecule has 0 fully saturated rings. The highest BCUT2D eigenvalue weighted by molar-refractivity contribution is 6.25. The molecule has 0 atom stereocenters. The summed E-state index contributed by atoms with van der Waals surface area (Å²) in [5.41, 5.74) is 1.61. The van der Waals surface area contributed by atoms with E-state index in [9.17, 15) is 5.26 Å². The average molecular weight is 852 g/mol. The number of aromatic nitrogens is 4. The van der Waals surface area contributed by atoms with Gasteiger partial charge in [0.15, 0.2) is 0 Å². The summed E-state index contributed by atoms with van der Waals surface area (Å²) in [7, 11) is 3.82. The number of fused-ring (bicyclic) bond motifs is 14. The lowest BCUT2D eigenvalue weighted by molar-refractivity contribution is -0.142. The van der Waals surface area contributed by atoms with Gasteiger partial charge in [0, 0.05) is 79.3 Å². The van der Waals surface area contributed by atoms with Crippen molar-refractivity contribution < 1.29 is 26.3 Å². The maximum absolute atomic E-state index is 15.5. The number of hydrogen-bond donors (Lipinski definition) is 0. The molecule has 0 saturated carbocycles. The van der Waals surface area contributed by atoms with Gasteiger partial charge in [-0.2, -0.15) is 31.6 Å². The SMILES string of the molecule is Cn1c2ccccc2c2ccc3c4ccccc4n(-c4cc(-c5c(C(F)(F)F)cccc5C(F)(F)F)c(-n5c6ccccc6c6ccc7c8ccccc8n(C)c7c65)cc4C#N)c3c21. The zero-order chi connectivity index (χ0) is 44.0. The minimum Gasteiger partial charge on any atom is -0.342 e. The number of hydrogen-bond acceptors (Lipinski definition) is 1. The van der Waals surface area contributed by atoms with Crippen LogP contribution in [-0.4, -0.2) is 18.3 Å². The third kappa shape index (κ3) is 5.02. The summed E-state index contributed by atoms with van der Waals surface area (Å²) in [6.45, 7) is 0. The van der Waals surface area contributed by atoms with Crippen LogP contribution < -0.4 is 0 Å². The van der Waals surface area contributed by atoms with Crippen molar-refractivity contribution in [3.8, 4) is 28.6 Å². The molecule has 0 radical (unpaired) electrons. The number of para-hydroxylation sites is 4. The Morgan fingerprint density at radius 3 is 1.20 bits per heavy atom. The fraction of sp³-hybridized carbons (Fsp3) is 0.0755. The number of aryl methyl sites for hydroxylation is 2. The lowest BCUT2D eigenvalue weighted by Crippen LogP contribution is -2.15. The monoisotopic (exact) mass is 851 g/mol. The molecule has 12 rings (SSSR count). The molecule has 5 nitrogen and oxygen atoms in total. The number of alkyl halides is 6. The van der Waals surface area contributed by atoms with Crippen molar-refractivity contribution in [3.05, 3.63) is 168 Å². The quantitative estimate of drug-likeness (QED) is 0.163. The van der Waals surface area contributed by atoms with Crippen molar-refractivity contribution in [3.63, 3.8) is 0 Å². The van der Waals surface area contributed by atoms with Crippen LogP contribution in [0.2, 0.25) is 0 Å². The molecule has 0 saturated heterocycles. The van der Waals surface area contributed by atoms with Crippen molar-refractivity contribution in [2.75, 3.05) is 0 Å². The van der Waals surface area contributed by atoms with Gasteiger partial charge in [0.05, 0.1) is 61.2 Å². The third-order valence-electron chi connectivity index (χ3n) is 13.1. The molecule has 0 unspecified atom stereocenters. The molecule has 0 aliphatic rings. The summed E-state index contributed by atoms with van der Waals surface area (Å²) in [6, 6.07) is 45.8. The summed E-state index contributed by atoms with van der Waals surface area (Å²) in [4.78, 5) is 0. The second-order valence-corrected chi connectivity index (χ2v) is 16.3. The summed E-state index contributed by atoms with van der Waals surface area (Å²) < 4.78 is 100. The number of benzene rings is 8. The molecule has 0 aliphatic heterocycles. The standard InChI is InChI=1S/C53H31F6N5/c1-61-41-18-7-3-12-30(41)34-22-24-36-32-14-5-9-20-43(32)63(50(36)48(34)61)45-27-38(47-39(52(54,55)56)16-11-17-40(47)53(57,58)59)46(26-29(45)28-60)64-44-21-10-6-15-33(44)37-25-23-35-31-13-4-8-19-42(31)62(2)49(35)51(37)64/h3-27H,1-2H3. The van der Waals surface area contributed by atoms with Crippen molar-refractivity contribution >= 4 is 87.2 Å². The van der Waals surface area contributed by atoms with Crippen LogP contribution in [-0.2, 0) is 26.4 Å².